The average molecular weight is 164 g/mol. The van der Waals surface area contributed by atoms with E-state index in [1.54, 1.807) is 0 Å². The van der Waals surface area contributed by atoms with Crippen LogP contribution >= 0.6 is 0 Å². The van der Waals surface area contributed by atoms with Gasteiger partial charge in [0.15, 0.2) is 0 Å². The molecule has 0 spiro atoms. The van der Waals surface area contributed by atoms with Gasteiger partial charge in [-0.1, -0.05) is 6.92 Å². The van der Waals surface area contributed by atoms with Crippen LogP contribution in [0.15, 0.2) is 0 Å². The second kappa shape index (κ2) is 3.06. The molecule has 2 aliphatic rings. The molecule has 0 amide bonds. The average Bonchev–Trinajstić information content (AvgIpc) is 2.32. The Bertz CT molecular complexity index is 192. The van der Waals surface area contributed by atoms with E-state index in [0.29, 0.717) is 6.54 Å². The van der Waals surface area contributed by atoms with Crippen molar-refractivity contribution in [3.8, 4) is 6.07 Å². The van der Waals surface area contributed by atoms with Crippen molar-refractivity contribution in [2.45, 2.75) is 44.7 Å². The van der Waals surface area contributed by atoms with Crippen LogP contribution in [0.5, 0.6) is 0 Å². The molecule has 2 bridgehead atoms. The highest BCUT2D eigenvalue weighted by Crippen LogP contribution is 2.37. The summed E-state index contributed by atoms with van der Waals surface area (Å²) in [4.78, 5) is 2.42. The Morgan fingerprint density at radius 2 is 1.92 bits per heavy atom. The zero-order valence-corrected chi connectivity index (χ0v) is 7.66. The minimum Gasteiger partial charge on any atom is -0.285 e. The molecule has 0 N–H and O–H groups in total. The Kier molecular flexibility index (Phi) is 2.06. The molecule has 2 fully saturated rings. The molecule has 66 valence electrons. The van der Waals surface area contributed by atoms with Crippen molar-refractivity contribution >= 4 is 0 Å². The number of hydrogen-bond acceptors (Lipinski definition) is 2. The fourth-order valence-corrected chi connectivity index (χ4v) is 2.89. The number of hydrogen-bond donors (Lipinski definition) is 0. The van der Waals surface area contributed by atoms with Gasteiger partial charge in [0.2, 0.25) is 0 Å². The molecular formula is C10H16N2. The lowest BCUT2D eigenvalue weighted by Gasteiger charge is -2.36. The predicted molar refractivity (Wildman–Crippen MR) is 47.5 cm³/mol. The lowest BCUT2D eigenvalue weighted by molar-refractivity contribution is 0.126. The highest BCUT2D eigenvalue weighted by atomic mass is 15.2. The number of fused-ring (bicyclic) bond motifs is 2. The van der Waals surface area contributed by atoms with Gasteiger partial charge in [-0.2, -0.15) is 5.26 Å². The van der Waals surface area contributed by atoms with Crippen molar-refractivity contribution in [1.82, 2.24) is 4.90 Å². The maximum absolute atomic E-state index is 8.66. The van der Waals surface area contributed by atoms with Crippen molar-refractivity contribution in [2.24, 2.45) is 5.92 Å². The van der Waals surface area contributed by atoms with Crippen LogP contribution in [0.3, 0.4) is 0 Å². The van der Waals surface area contributed by atoms with Gasteiger partial charge >= 0.3 is 0 Å². The molecule has 12 heavy (non-hydrogen) atoms. The van der Waals surface area contributed by atoms with Crippen LogP contribution in [0.25, 0.3) is 0 Å². The molecule has 0 saturated carbocycles. The van der Waals surface area contributed by atoms with Crippen LogP contribution in [-0.4, -0.2) is 23.5 Å². The van der Waals surface area contributed by atoms with Gasteiger partial charge in [-0.3, -0.25) is 4.90 Å². The molecule has 0 aromatic rings. The van der Waals surface area contributed by atoms with Crippen LogP contribution in [0.1, 0.15) is 32.6 Å². The van der Waals surface area contributed by atoms with Gasteiger partial charge in [-0.25, -0.2) is 0 Å². The van der Waals surface area contributed by atoms with E-state index in [9.17, 15) is 0 Å². The van der Waals surface area contributed by atoms with Crippen LogP contribution in [0.4, 0.5) is 0 Å². The van der Waals surface area contributed by atoms with Crippen LogP contribution < -0.4 is 0 Å². The van der Waals surface area contributed by atoms with Gasteiger partial charge in [-0.15, -0.1) is 0 Å². The smallest absolute Gasteiger partial charge is 0.0870 e. The third-order valence-electron chi connectivity index (χ3n) is 3.37. The van der Waals surface area contributed by atoms with Gasteiger partial charge in [0, 0.05) is 12.1 Å². The standard InChI is InChI=1S/C10H16N2/c1-8-6-9-2-3-10(7-8)12(9)5-4-11/h8-10H,2-3,5-7H2,1H3/t8?,9-,10+. The molecule has 1 unspecified atom stereocenters. The molecule has 0 aromatic heterocycles. The summed E-state index contributed by atoms with van der Waals surface area (Å²) in [7, 11) is 0. The zero-order chi connectivity index (χ0) is 8.55. The monoisotopic (exact) mass is 164 g/mol. The Hall–Kier alpha value is -0.550. The second-order valence-electron chi connectivity index (χ2n) is 4.29. The lowest BCUT2D eigenvalue weighted by Crippen LogP contribution is -2.42. The number of rotatable bonds is 1. The van der Waals surface area contributed by atoms with Crippen molar-refractivity contribution < 1.29 is 0 Å². The Morgan fingerprint density at radius 3 is 2.42 bits per heavy atom. The third kappa shape index (κ3) is 1.23. The summed E-state index contributed by atoms with van der Waals surface area (Å²) in [5.41, 5.74) is 0. The van der Waals surface area contributed by atoms with Crippen LogP contribution in [0.2, 0.25) is 0 Å². The summed E-state index contributed by atoms with van der Waals surface area (Å²) in [6.45, 7) is 3.00. The highest BCUT2D eigenvalue weighted by Gasteiger charge is 2.38. The summed E-state index contributed by atoms with van der Waals surface area (Å²) in [6.07, 6.45) is 5.30. The molecule has 0 aliphatic carbocycles. The molecule has 2 aliphatic heterocycles. The van der Waals surface area contributed by atoms with Gasteiger partial charge in [0.25, 0.3) is 0 Å². The SMILES string of the molecule is CC1C[C@H]2CC[C@@H](C1)N2CC#N. The van der Waals surface area contributed by atoms with Gasteiger partial charge < -0.3 is 0 Å². The first-order chi connectivity index (χ1) is 5.81. The summed E-state index contributed by atoms with van der Waals surface area (Å²) >= 11 is 0. The highest BCUT2D eigenvalue weighted by molar-refractivity contribution is 4.97. The molecule has 3 atom stereocenters. The van der Waals surface area contributed by atoms with Crippen molar-refractivity contribution in [1.29, 1.82) is 5.26 Å². The van der Waals surface area contributed by atoms with E-state index in [-0.39, 0.29) is 0 Å². The van der Waals surface area contributed by atoms with Crippen LogP contribution in [-0.2, 0) is 0 Å². The number of nitriles is 1. The van der Waals surface area contributed by atoms with Crippen molar-refractivity contribution in [3.05, 3.63) is 0 Å². The van der Waals surface area contributed by atoms with E-state index in [4.69, 9.17) is 5.26 Å². The number of nitrogens with zero attached hydrogens (tertiary/aromatic N) is 2. The zero-order valence-electron chi connectivity index (χ0n) is 7.66. The minimum atomic E-state index is 0.655. The first kappa shape index (κ1) is 8.07. The third-order valence-corrected chi connectivity index (χ3v) is 3.37. The summed E-state index contributed by atoms with van der Waals surface area (Å²) in [5.74, 6) is 0.887. The molecule has 2 rings (SSSR count). The largest absolute Gasteiger partial charge is 0.285 e. The topological polar surface area (TPSA) is 27.0 Å². The van der Waals surface area contributed by atoms with Crippen molar-refractivity contribution in [2.75, 3.05) is 6.54 Å². The van der Waals surface area contributed by atoms with E-state index in [1.807, 2.05) is 0 Å². The molecular weight excluding hydrogens is 148 g/mol. The molecule has 2 nitrogen and oxygen atoms in total. The molecule has 0 aromatic carbocycles. The minimum absolute atomic E-state index is 0.655. The molecule has 2 heteroatoms. The predicted octanol–water partition coefficient (Wildman–Crippen LogP) is 1.77. The Balaban J connectivity index is 2.05. The van der Waals surface area contributed by atoms with E-state index in [0.717, 1.165) is 18.0 Å². The fourth-order valence-electron chi connectivity index (χ4n) is 2.89. The first-order valence-corrected chi connectivity index (χ1v) is 4.94. The van der Waals surface area contributed by atoms with E-state index in [2.05, 4.69) is 17.9 Å². The van der Waals surface area contributed by atoms with Gasteiger partial charge in [0.05, 0.1) is 12.6 Å². The van der Waals surface area contributed by atoms with E-state index >= 15 is 0 Å². The summed E-state index contributed by atoms with van der Waals surface area (Å²) in [6, 6.07) is 3.75. The maximum Gasteiger partial charge on any atom is 0.0870 e. The van der Waals surface area contributed by atoms with Crippen molar-refractivity contribution in [3.63, 3.8) is 0 Å². The van der Waals surface area contributed by atoms with E-state index < -0.39 is 0 Å². The summed E-state index contributed by atoms with van der Waals surface area (Å²) < 4.78 is 0. The quantitative estimate of drug-likeness (QED) is 0.552. The Morgan fingerprint density at radius 1 is 1.33 bits per heavy atom. The number of piperidine rings is 1. The first-order valence-electron chi connectivity index (χ1n) is 4.94. The van der Waals surface area contributed by atoms with Gasteiger partial charge in [0.1, 0.15) is 0 Å². The second-order valence-corrected chi connectivity index (χ2v) is 4.29. The lowest BCUT2D eigenvalue weighted by atomic mass is 9.92. The van der Waals surface area contributed by atoms with E-state index in [1.165, 1.54) is 25.7 Å². The normalized spacial score (nSPS) is 41.2. The maximum atomic E-state index is 8.66. The Labute approximate surface area is 74.2 Å². The van der Waals surface area contributed by atoms with Crippen LogP contribution in [0, 0.1) is 17.2 Å². The fraction of sp³-hybridized carbons (Fsp3) is 0.900. The molecule has 2 saturated heterocycles. The molecule has 0 radical (unpaired) electrons. The summed E-state index contributed by atoms with van der Waals surface area (Å²) in [5, 5.41) is 8.66. The van der Waals surface area contributed by atoms with Gasteiger partial charge in [-0.05, 0) is 31.6 Å². The molecule has 2 heterocycles.